The fourth-order valence-corrected chi connectivity index (χ4v) is 3.04. The zero-order chi connectivity index (χ0) is 18.1. The first kappa shape index (κ1) is 16.7. The second-order valence-electron chi connectivity index (χ2n) is 6.09. The molecule has 0 spiro atoms. The molecule has 0 amide bonds. The molecule has 0 aromatic carbocycles. The van der Waals surface area contributed by atoms with Gasteiger partial charge in [0, 0.05) is 45.1 Å². The first-order valence-corrected chi connectivity index (χ1v) is 8.15. The summed E-state index contributed by atoms with van der Waals surface area (Å²) in [6.07, 6.45) is 0.230. The highest BCUT2D eigenvalue weighted by atomic mass is 19.4. The minimum atomic E-state index is -4.61. The van der Waals surface area contributed by atoms with Gasteiger partial charge in [-0.1, -0.05) is 0 Å². The third-order valence-corrected chi connectivity index (χ3v) is 4.35. The molecule has 1 N–H and O–H groups in total. The Kier molecular flexibility index (Phi) is 4.19. The lowest BCUT2D eigenvalue weighted by molar-refractivity contribution is -0.144. The van der Waals surface area contributed by atoms with Crippen molar-refractivity contribution in [2.75, 3.05) is 31.1 Å². The van der Waals surface area contributed by atoms with Crippen LogP contribution in [0, 0.1) is 0 Å². The van der Waals surface area contributed by atoms with E-state index >= 15 is 0 Å². The lowest BCUT2D eigenvalue weighted by atomic mass is 10.2. The predicted octanol–water partition coefficient (Wildman–Crippen LogP) is 2.09. The Hall–Kier alpha value is -2.75. The molecular formula is C16H16F3N7. The van der Waals surface area contributed by atoms with E-state index in [9.17, 15) is 13.2 Å². The summed E-state index contributed by atoms with van der Waals surface area (Å²) in [5.74, 6) is -0.908. The number of aromatic amines is 1. The lowest BCUT2D eigenvalue weighted by Crippen LogP contribution is -2.46. The zero-order valence-electron chi connectivity index (χ0n) is 13.7. The number of hydrogen-bond donors (Lipinski definition) is 1. The number of fused-ring (bicyclic) bond motifs is 1. The number of anilines is 1. The molecule has 0 radical (unpaired) electrons. The monoisotopic (exact) mass is 363 g/mol. The molecule has 3 aromatic rings. The van der Waals surface area contributed by atoms with Crippen molar-refractivity contribution in [1.29, 1.82) is 0 Å². The van der Waals surface area contributed by atoms with E-state index in [1.807, 2.05) is 17.0 Å². The number of rotatable bonds is 3. The molecule has 1 aliphatic heterocycles. The van der Waals surface area contributed by atoms with Crippen molar-refractivity contribution in [2.45, 2.75) is 12.7 Å². The Labute approximate surface area is 146 Å². The van der Waals surface area contributed by atoms with Crippen LogP contribution in [-0.2, 0) is 12.7 Å². The average molecular weight is 363 g/mol. The molecule has 1 aliphatic rings. The quantitative estimate of drug-likeness (QED) is 0.768. The summed E-state index contributed by atoms with van der Waals surface area (Å²) in [5.41, 5.74) is 1.62. The Morgan fingerprint density at radius 3 is 2.46 bits per heavy atom. The third kappa shape index (κ3) is 3.32. The first-order valence-electron chi connectivity index (χ1n) is 8.15. The van der Waals surface area contributed by atoms with Crippen molar-refractivity contribution in [1.82, 2.24) is 29.8 Å². The van der Waals surface area contributed by atoms with E-state index in [2.05, 4.69) is 29.8 Å². The van der Waals surface area contributed by atoms with Crippen LogP contribution in [0.1, 0.15) is 11.4 Å². The van der Waals surface area contributed by atoms with Crippen LogP contribution in [0.5, 0.6) is 0 Å². The Bertz CT molecular complexity index is 886. The molecule has 0 aliphatic carbocycles. The minimum Gasteiger partial charge on any atom is -0.352 e. The first-order chi connectivity index (χ1) is 12.5. The van der Waals surface area contributed by atoms with Gasteiger partial charge in [-0.25, -0.2) is 15.0 Å². The molecule has 10 heteroatoms. The van der Waals surface area contributed by atoms with Gasteiger partial charge in [0.25, 0.3) is 0 Å². The summed E-state index contributed by atoms with van der Waals surface area (Å²) in [4.78, 5) is 22.1. The van der Waals surface area contributed by atoms with E-state index in [0.717, 1.165) is 25.2 Å². The van der Waals surface area contributed by atoms with E-state index in [0.29, 0.717) is 18.6 Å². The Morgan fingerprint density at radius 2 is 1.77 bits per heavy atom. The number of aromatic nitrogens is 5. The van der Waals surface area contributed by atoms with Gasteiger partial charge in [0.05, 0.1) is 6.33 Å². The van der Waals surface area contributed by atoms with E-state index < -0.39 is 12.0 Å². The van der Waals surface area contributed by atoms with E-state index in [-0.39, 0.29) is 11.5 Å². The van der Waals surface area contributed by atoms with E-state index in [1.54, 1.807) is 12.4 Å². The maximum atomic E-state index is 13.1. The number of hydrogen-bond acceptors (Lipinski definition) is 6. The van der Waals surface area contributed by atoms with Gasteiger partial charge in [-0.2, -0.15) is 13.2 Å². The average Bonchev–Trinajstić information content (AvgIpc) is 3.10. The molecule has 0 atom stereocenters. The smallest absolute Gasteiger partial charge is 0.352 e. The summed E-state index contributed by atoms with van der Waals surface area (Å²) in [6, 6.07) is 3.92. The van der Waals surface area contributed by atoms with Crippen LogP contribution in [0.4, 0.5) is 19.0 Å². The molecule has 0 unspecified atom stereocenters. The fourth-order valence-electron chi connectivity index (χ4n) is 3.04. The summed E-state index contributed by atoms with van der Waals surface area (Å²) in [7, 11) is 0. The van der Waals surface area contributed by atoms with Crippen molar-refractivity contribution in [3.05, 3.63) is 42.2 Å². The minimum absolute atomic E-state index is 0.0292. The van der Waals surface area contributed by atoms with Gasteiger partial charge >= 0.3 is 6.18 Å². The van der Waals surface area contributed by atoms with Crippen LogP contribution < -0.4 is 4.90 Å². The topological polar surface area (TPSA) is 73.8 Å². The van der Waals surface area contributed by atoms with E-state index in [1.165, 1.54) is 6.33 Å². The third-order valence-electron chi connectivity index (χ3n) is 4.35. The van der Waals surface area contributed by atoms with Crippen molar-refractivity contribution < 1.29 is 13.2 Å². The molecule has 136 valence electrons. The van der Waals surface area contributed by atoms with Gasteiger partial charge in [0.2, 0.25) is 5.82 Å². The number of piperazine rings is 1. The maximum absolute atomic E-state index is 13.1. The van der Waals surface area contributed by atoms with Gasteiger partial charge in [-0.15, -0.1) is 0 Å². The van der Waals surface area contributed by atoms with Crippen LogP contribution in [0.15, 0.2) is 30.9 Å². The van der Waals surface area contributed by atoms with Crippen molar-refractivity contribution in [3.8, 4) is 0 Å². The number of imidazole rings is 1. The summed E-state index contributed by atoms with van der Waals surface area (Å²) >= 11 is 0. The van der Waals surface area contributed by atoms with Gasteiger partial charge in [-0.05, 0) is 17.7 Å². The molecule has 0 bridgehead atoms. The van der Waals surface area contributed by atoms with Crippen LogP contribution in [0.2, 0.25) is 0 Å². The van der Waals surface area contributed by atoms with Crippen LogP contribution in [0.25, 0.3) is 11.2 Å². The largest absolute Gasteiger partial charge is 0.451 e. The highest BCUT2D eigenvalue weighted by molar-refractivity contribution is 5.83. The molecule has 26 heavy (non-hydrogen) atoms. The molecule has 4 heterocycles. The SMILES string of the molecule is FC(F)(F)c1nc(N2CCN(Cc3ccncc3)CC2)c2[nH]cnc2n1. The standard InChI is InChI=1S/C16H16F3N7/c17-16(18,19)15-23-13-12(21-10-22-13)14(24-15)26-7-5-25(6-8-26)9-11-1-3-20-4-2-11/h1-4,10H,5-9H2,(H,21,22,23,24). The molecular weight excluding hydrogens is 347 g/mol. The number of H-pyrrole nitrogens is 1. The predicted molar refractivity (Wildman–Crippen MR) is 88.4 cm³/mol. The molecule has 1 fully saturated rings. The van der Waals surface area contributed by atoms with Gasteiger partial charge in [0.15, 0.2) is 11.5 Å². The lowest BCUT2D eigenvalue weighted by Gasteiger charge is -2.35. The van der Waals surface area contributed by atoms with Crippen molar-refractivity contribution in [3.63, 3.8) is 0 Å². The number of nitrogens with one attached hydrogen (secondary N) is 1. The van der Waals surface area contributed by atoms with Gasteiger partial charge in [-0.3, -0.25) is 9.88 Å². The van der Waals surface area contributed by atoms with Crippen molar-refractivity contribution >= 4 is 17.0 Å². The second-order valence-corrected chi connectivity index (χ2v) is 6.09. The van der Waals surface area contributed by atoms with Crippen LogP contribution in [0.3, 0.4) is 0 Å². The summed E-state index contributed by atoms with van der Waals surface area (Å²) in [6.45, 7) is 3.39. The molecule has 7 nitrogen and oxygen atoms in total. The highest BCUT2D eigenvalue weighted by Gasteiger charge is 2.36. The number of halogens is 3. The number of nitrogens with zero attached hydrogens (tertiary/aromatic N) is 6. The Balaban J connectivity index is 1.53. The molecule has 1 saturated heterocycles. The maximum Gasteiger partial charge on any atom is 0.451 e. The Morgan fingerprint density at radius 1 is 1.04 bits per heavy atom. The van der Waals surface area contributed by atoms with Crippen LogP contribution >= 0.6 is 0 Å². The fraction of sp³-hybridized carbons (Fsp3) is 0.375. The second kappa shape index (κ2) is 6.52. The molecule has 0 saturated carbocycles. The number of pyridine rings is 1. The summed E-state index contributed by atoms with van der Waals surface area (Å²) < 4.78 is 39.2. The van der Waals surface area contributed by atoms with E-state index in [4.69, 9.17) is 0 Å². The normalized spacial score (nSPS) is 16.3. The highest BCUT2D eigenvalue weighted by Crippen LogP contribution is 2.31. The summed E-state index contributed by atoms with van der Waals surface area (Å²) in [5, 5.41) is 0. The molecule has 3 aromatic heterocycles. The zero-order valence-corrected chi connectivity index (χ0v) is 13.7. The van der Waals surface area contributed by atoms with Gasteiger partial charge in [0.1, 0.15) is 5.52 Å². The molecule has 4 rings (SSSR count). The number of alkyl halides is 3. The van der Waals surface area contributed by atoms with Gasteiger partial charge < -0.3 is 9.88 Å². The van der Waals surface area contributed by atoms with Crippen LogP contribution in [-0.4, -0.2) is 56.0 Å². The van der Waals surface area contributed by atoms with Crippen molar-refractivity contribution in [2.24, 2.45) is 0 Å².